The molecule has 20 heavy (non-hydrogen) atoms. The molecule has 1 heterocycles. The van der Waals surface area contributed by atoms with E-state index in [1.165, 1.54) is 6.20 Å². The standard InChI is InChI=1S/C15H17N3O2/c1-10-8-17-13(9-16-10)15(19)18-11(2)12-6-4-5-7-14(12)20-3/h4-9,11H,1-3H3,(H,18,19)/t11-/m1/s1. The van der Waals surface area contributed by atoms with Crippen LogP contribution in [-0.4, -0.2) is 23.0 Å². The Morgan fingerprint density at radius 1 is 1.25 bits per heavy atom. The van der Waals surface area contributed by atoms with Crippen LogP contribution < -0.4 is 10.1 Å². The van der Waals surface area contributed by atoms with Gasteiger partial charge in [0.15, 0.2) is 0 Å². The van der Waals surface area contributed by atoms with Gasteiger partial charge in [-0.3, -0.25) is 9.78 Å². The number of aromatic nitrogens is 2. The van der Waals surface area contributed by atoms with E-state index in [-0.39, 0.29) is 11.9 Å². The molecule has 1 N–H and O–H groups in total. The van der Waals surface area contributed by atoms with E-state index in [4.69, 9.17) is 4.74 Å². The van der Waals surface area contributed by atoms with Crippen LogP contribution in [0.5, 0.6) is 5.75 Å². The second kappa shape index (κ2) is 6.14. The molecule has 0 aliphatic carbocycles. The van der Waals surface area contributed by atoms with Gasteiger partial charge in [-0.15, -0.1) is 0 Å². The summed E-state index contributed by atoms with van der Waals surface area (Å²) in [4.78, 5) is 20.2. The van der Waals surface area contributed by atoms with Crippen LogP contribution in [0, 0.1) is 6.92 Å². The fourth-order valence-electron chi connectivity index (χ4n) is 1.88. The highest BCUT2D eigenvalue weighted by atomic mass is 16.5. The van der Waals surface area contributed by atoms with Crippen molar-refractivity contribution < 1.29 is 9.53 Å². The van der Waals surface area contributed by atoms with E-state index < -0.39 is 0 Å². The zero-order valence-electron chi connectivity index (χ0n) is 11.8. The van der Waals surface area contributed by atoms with Crippen LogP contribution in [0.2, 0.25) is 0 Å². The lowest BCUT2D eigenvalue weighted by atomic mass is 10.1. The number of carbonyl (C=O) groups is 1. The topological polar surface area (TPSA) is 64.1 Å². The molecule has 0 bridgehead atoms. The van der Waals surface area contributed by atoms with Gasteiger partial charge < -0.3 is 10.1 Å². The summed E-state index contributed by atoms with van der Waals surface area (Å²) in [5, 5.41) is 2.89. The van der Waals surface area contributed by atoms with E-state index in [2.05, 4.69) is 15.3 Å². The molecule has 1 aromatic carbocycles. The number of para-hydroxylation sites is 1. The monoisotopic (exact) mass is 271 g/mol. The van der Waals surface area contributed by atoms with E-state index in [1.54, 1.807) is 13.3 Å². The Bertz CT molecular complexity index is 596. The van der Waals surface area contributed by atoms with Crippen molar-refractivity contribution in [3.8, 4) is 5.75 Å². The molecule has 2 aromatic rings. The summed E-state index contributed by atoms with van der Waals surface area (Å²) in [6.07, 6.45) is 3.04. The maximum Gasteiger partial charge on any atom is 0.271 e. The molecule has 0 unspecified atom stereocenters. The first-order valence-corrected chi connectivity index (χ1v) is 6.34. The van der Waals surface area contributed by atoms with Gasteiger partial charge in [0.2, 0.25) is 0 Å². The van der Waals surface area contributed by atoms with Gasteiger partial charge >= 0.3 is 0 Å². The van der Waals surface area contributed by atoms with Gasteiger partial charge in [-0.25, -0.2) is 4.98 Å². The van der Waals surface area contributed by atoms with Crippen molar-refractivity contribution in [3.05, 3.63) is 53.6 Å². The van der Waals surface area contributed by atoms with Crippen molar-refractivity contribution in [2.24, 2.45) is 0 Å². The molecule has 1 aromatic heterocycles. The number of benzene rings is 1. The number of hydrogen-bond donors (Lipinski definition) is 1. The molecule has 0 spiro atoms. The van der Waals surface area contributed by atoms with Gasteiger partial charge in [0, 0.05) is 11.8 Å². The first kappa shape index (κ1) is 14.0. The minimum Gasteiger partial charge on any atom is -0.496 e. The second-order valence-corrected chi connectivity index (χ2v) is 4.48. The molecule has 104 valence electrons. The Morgan fingerprint density at radius 2 is 2.00 bits per heavy atom. The number of ether oxygens (including phenoxy) is 1. The molecule has 5 heteroatoms. The molecular weight excluding hydrogens is 254 g/mol. The summed E-state index contributed by atoms with van der Waals surface area (Å²) in [5.74, 6) is 0.492. The van der Waals surface area contributed by atoms with E-state index in [0.29, 0.717) is 5.69 Å². The SMILES string of the molecule is COc1ccccc1[C@@H](C)NC(=O)c1cnc(C)cn1. The van der Waals surface area contributed by atoms with Crippen LogP contribution in [0.1, 0.15) is 34.7 Å². The number of hydrogen-bond acceptors (Lipinski definition) is 4. The van der Waals surface area contributed by atoms with Crippen LogP contribution in [0.25, 0.3) is 0 Å². The fraction of sp³-hybridized carbons (Fsp3) is 0.267. The molecule has 0 aliphatic rings. The molecular formula is C15H17N3O2. The largest absolute Gasteiger partial charge is 0.496 e. The molecule has 0 aliphatic heterocycles. The number of nitrogens with zero attached hydrogens (tertiary/aromatic N) is 2. The number of rotatable bonds is 4. The van der Waals surface area contributed by atoms with E-state index in [0.717, 1.165) is 17.0 Å². The molecule has 0 saturated heterocycles. The van der Waals surface area contributed by atoms with Gasteiger partial charge in [0.05, 0.1) is 25.0 Å². The summed E-state index contributed by atoms with van der Waals surface area (Å²) in [6, 6.07) is 7.41. The van der Waals surface area contributed by atoms with Crippen molar-refractivity contribution in [3.63, 3.8) is 0 Å². The number of carbonyl (C=O) groups excluding carboxylic acids is 1. The lowest BCUT2D eigenvalue weighted by Gasteiger charge is -2.16. The molecule has 0 radical (unpaired) electrons. The first-order valence-electron chi connectivity index (χ1n) is 6.34. The maximum absolute atomic E-state index is 12.1. The Kier molecular flexibility index (Phi) is 4.30. The number of aryl methyl sites for hydroxylation is 1. The van der Waals surface area contributed by atoms with Gasteiger partial charge in [-0.05, 0) is 19.9 Å². The van der Waals surface area contributed by atoms with E-state index in [1.807, 2.05) is 38.1 Å². The van der Waals surface area contributed by atoms with Crippen molar-refractivity contribution in [1.29, 1.82) is 0 Å². The summed E-state index contributed by atoms with van der Waals surface area (Å²) >= 11 is 0. The highest BCUT2D eigenvalue weighted by molar-refractivity contribution is 5.92. The van der Waals surface area contributed by atoms with Crippen LogP contribution in [0.3, 0.4) is 0 Å². The minimum atomic E-state index is -0.254. The quantitative estimate of drug-likeness (QED) is 0.926. The molecule has 0 saturated carbocycles. The van der Waals surface area contributed by atoms with Gasteiger partial charge in [-0.1, -0.05) is 18.2 Å². The average molecular weight is 271 g/mol. The Labute approximate surface area is 118 Å². The zero-order chi connectivity index (χ0) is 14.5. The molecule has 1 atom stereocenters. The maximum atomic E-state index is 12.1. The lowest BCUT2D eigenvalue weighted by molar-refractivity contribution is 0.0934. The summed E-state index contributed by atoms with van der Waals surface area (Å²) in [5.41, 5.74) is 2.00. The third-order valence-corrected chi connectivity index (χ3v) is 2.97. The summed E-state index contributed by atoms with van der Waals surface area (Å²) < 4.78 is 5.29. The predicted octanol–water partition coefficient (Wildman–Crippen LogP) is 2.28. The second-order valence-electron chi connectivity index (χ2n) is 4.48. The third-order valence-electron chi connectivity index (χ3n) is 2.97. The number of amides is 1. The van der Waals surface area contributed by atoms with Crippen LogP contribution in [-0.2, 0) is 0 Å². The third kappa shape index (κ3) is 3.12. The van der Waals surface area contributed by atoms with Crippen molar-refractivity contribution in [2.45, 2.75) is 19.9 Å². The molecule has 1 amide bonds. The smallest absolute Gasteiger partial charge is 0.271 e. The van der Waals surface area contributed by atoms with Crippen LogP contribution >= 0.6 is 0 Å². The average Bonchev–Trinajstić information content (AvgIpc) is 2.47. The predicted molar refractivity (Wildman–Crippen MR) is 75.6 cm³/mol. The Morgan fingerprint density at radius 3 is 2.65 bits per heavy atom. The number of methoxy groups -OCH3 is 1. The Hall–Kier alpha value is -2.43. The first-order chi connectivity index (χ1) is 9.61. The summed E-state index contributed by atoms with van der Waals surface area (Å²) in [6.45, 7) is 3.73. The van der Waals surface area contributed by atoms with Crippen LogP contribution in [0.4, 0.5) is 0 Å². The van der Waals surface area contributed by atoms with Crippen molar-refractivity contribution >= 4 is 5.91 Å². The fourth-order valence-corrected chi connectivity index (χ4v) is 1.88. The molecule has 0 fully saturated rings. The van der Waals surface area contributed by atoms with E-state index >= 15 is 0 Å². The van der Waals surface area contributed by atoms with Crippen LogP contribution in [0.15, 0.2) is 36.7 Å². The zero-order valence-corrected chi connectivity index (χ0v) is 11.8. The van der Waals surface area contributed by atoms with Crippen molar-refractivity contribution in [1.82, 2.24) is 15.3 Å². The molecule has 2 rings (SSSR count). The number of nitrogens with one attached hydrogen (secondary N) is 1. The minimum absolute atomic E-state index is 0.179. The molecule has 5 nitrogen and oxygen atoms in total. The highest BCUT2D eigenvalue weighted by Crippen LogP contribution is 2.24. The van der Waals surface area contributed by atoms with Gasteiger partial charge in [0.1, 0.15) is 11.4 Å². The normalized spacial score (nSPS) is 11.8. The van der Waals surface area contributed by atoms with Crippen molar-refractivity contribution in [2.75, 3.05) is 7.11 Å². The van der Waals surface area contributed by atoms with Gasteiger partial charge in [-0.2, -0.15) is 0 Å². The van der Waals surface area contributed by atoms with Gasteiger partial charge in [0.25, 0.3) is 5.91 Å². The lowest BCUT2D eigenvalue weighted by Crippen LogP contribution is -2.27. The highest BCUT2D eigenvalue weighted by Gasteiger charge is 2.15. The summed E-state index contributed by atoms with van der Waals surface area (Å²) in [7, 11) is 1.61. The Balaban J connectivity index is 2.13. The van der Waals surface area contributed by atoms with E-state index in [9.17, 15) is 4.79 Å².